The Morgan fingerprint density at radius 1 is 1.31 bits per heavy atom. The van der Waals surface area contributed by atoms with E-state index in [1.807, 2.05) is 13.8 Å². The summed E-state index contributed by atoms with van der Waals surface area (Å²) in [6.45, 7) is 4.39. The molecule has 0 saturated heterocycles. The van der Waals surface area contributed by atoms with Crippen LogP contribution in [0.25, 0.3) is 0 Å². The third-order valence-corrected chi connectivity index (χ3v) is 3.21. The van der Waals surface area contributed by atoms with E-state index in [2.05, 4.69) is 0 Å². The van der Waals surface area contributed by atoms with Crippen molar-refractivity contribution in [3.8, 4) is 0 Å². The highest BCUT2D eigenvalue weighted by Crippen LogP contribution is 2.27. The van der Waals surface area contributed by atoms with Crippen molar-refractivity contribution < 1.29 is 14.7 Å². The van der Waals surface area contributed by atoms with Crippen LogP contribution in [-0.2, 0) is 9.59 Å². The highest BCUT2D eigenvalue weighted by atomic mass is 16.4. The first kappa shape index (κ1) is 14.9. The number of hydrogen-bond donors (Lipinski definition) is 2. The molecule has 1 amide bonds. The van der Waals surface area contributed by atoms with Gasteiger partial charge in [0, 0.05) is 20.1 Å². The molecule has 0 aliphatic carbocycles. The minimum atomic E-state index is -0.897. The summed E-state index contributed by atoms with van der Waals surface area (Å²) < 4.78 is 0. The second kappa shape index (κ2) is 6.48. The van der Waals surface area contributed by atoms with Crippen LogP contribution in [0, 0.1) is 5.41 Å². The minimum Gasteiger partial charge on any atom is -0.481 e. The normalized spacial score (nSPS) is 11.2. The highest BCUT2D eigenvalue weighted by Gasteiger charge is 2.35. The number of carboxylic acid groups (broad SMARTS) is 1. The Morgan fingerprint density at radius 2 is 1.81 bits per heavy atom. The molecule has 0 bridgehead atoms. The quantitative estimate of drug-likeness (QED) is 0.673. The molecule has 0 unspecified atom stereocenters. The lowest BCUT2D eigenvalue weighted by atomic mass is 9.81. The molecule has 0 aromatic carbocycles. The van der Waals surface area contributed by atoms with Crippen molar-refractivity contribution in [2.45, 2.75) is 33.1 Å². The van der Waals surface area contributed by atoms with Gasteiger partial charge in [0.2, 0.25) is 5.91 Å². The van der Waals surface area contributed by atoms with Crippen molar-refractivity contribution in [1.82, 2.24) is 4.90 Å². The molecule has 0 aliphatic heterocycles. The summed E-state index contributed by atoms with van der Waals surface area (Å²) in [5.41, 5.74) is 5.13. The van der Waals surface area contributed by atoms with Crippen LogP contribution in [0.15, 0.2) is 0 Å². The zero-order valence-electron chi connectivity index (χ0n) is 10.3. The topological polar surface area (TPSA) is 83.6 Å². The fourth-order valence-electron chi connectivity index (χ4n) is 1.70. The molecule has 16 heavy (non-hydrogen) atoms. The smallest absolute Gasteiger partial charge is 0.305 e. The van der Waals surface area contributed by atoms with Gasteiger partial charge >= 0.3 is 5.97 Å². The Labute approximate surface area is 96.6 Å². The average Bonchev–Trinajstić information content (AvgIpc) is 2.28. The number of hydrogen-bond acceptors (Lipinski definition) is 3. The Bertz CT molecular complexity index is 241. The molecule has 0 fully saturated rings. The van der Waals surface area contributed by atoms with Gasteiger partial charge in [0.15, 0.2) is 0 Å². The number of amides is 1. The summed E-state index contributed by atoms with van der Waals surface area (Å²) in [6.07, 6.45) is 1.32. The summed E-state index contributed by atoms with van der Waals surface area (Å²) in [6, 6.07) is 0. The van der Waals surface area contributed by atoms with E-state index in [9.17, 15) is 9.59 Å². The van der Waals surface area contributed by atoms with Gasteiger partial charge in [0.1, 0.15) is 0 Å². The van der Waals surface area contributed by atoms with E-state index < -0.39 is 11.4 Å². The maximum Gasteiger partial charge on any atom is 0.305 e. The molecule has 5 nitrogen and oxygen atoms in total. The van der Waals surface area contributed by atoms with E-state index in [0.29, 0.717) is 19.4 Å². The number of carbonyl (C=O) groups is 2. The molecule has 0 rings (SSSR count). The number of aliphatic carboxylic acids is 1. The summed E-state index contributed by atoms with van der Waals surface area (Å²) in [5.74, 6) is -0.952. The van der Waals surface area contributed by atoms with Crippen molar-refractivity contribution in [1.29, 1.82) is 0 Å². The molecular formula is C11H22N2O3. The SMILES string of the molecule is CCC(CC)(CN)C(=O)N(C)CCC(=O)O. The fraction of sp³-hybridized carbons (Fsp3) is 0.818. The van der Waals surface area contributed by atoms with Crippen LogP contribution in [0.3, 0.4) is 0 Å². The molecule has 0 aromatic rings. The van der Waals surface area contributed by atoms with Crippen molar-refractivity contribution in [3.63, 3.8) is 0 Å². The van der Waals surface area contributed by atoms with Gasteiger partial charge in [0.05, 0.1) is 11.8 Å². The molecule has 0 atom stereocenters. The van der Waals surface area contributed by atoms with Gasteiger partial charge in [0.25, 0.3) is 0 Å². The zero-order valence-corrected chi connectivity index (χ0v) is 10.3. The van der Waals surface area contributed by atoms with Gasteiger partial charge in [-0.1, -0.05) is 13.8 Å². The van der Waals surface area contributed by atoms with Crippen LogP contribution in [0.5, 0.6) is 0 Å². The van der Waals surface area contributed by atoms with Gasteiger partial charge in [-0.25, -0.2) is 0 Å². The first-order chi connectivity index (χ1) is 7.43. The largest absolute Gasteiger partial charge is 0.481 e. The van der Waals surface area contributed by atoms with Crippen LogP contribution in [0.1, 0.15) is 33.1 Å². The van der Waals surface area contributed by atoms with Crippen LogP contribution < -0.4 is 5.73 Å². The lowest BCUT2D eigenvalue weighted by Gasteiger charge is -2.33. The Kier molecular flexibility index (Phi) is 6.03. The maximum absolute atomic E-state index is 12.1. The Balaban J connectivity index is 4.55. The molecule has 0 saturated carbocycles. The van der Waals surface area contributed by atoms with Crippen LogP contribution in [0.2, 0.25) is 0 Å². The van der Waals surface area contributed by atoms with Crippen molar-refractivity contribution in [2.24, 2.45) is 11.1 Å². The van der Waals surface area contributed by atoms with Crippen molar-refractivity contribution in [3.05, 3.63) is 0 Å². The van der Waals surface area contributed by atoms with E-state index in [1.165, 1.54) is 4.90 Å². The summed E-state index contributed by atoms with van der Waals surface area (Å²) in [7, 11) is 1.63. The van der Waals surface area contributed by atoms with Gasteiger partial charge in [-0.05, 0) is 12.8 Å². The molecule has 3 N–H and O–H groups in total. The molecule has 0 radical (unpaired) electrons. The average molecular weight is 230 g/mol. The molecule has 0 aromatic heterocycles. The third kappa shape index (κ3) is 3.48. The molecular weight excluding hydrogens is 208 g/mol. The first-order valence-electron chi connectivity index (χ1n) is 5.61. The Hall–Kier alpha value is -1.10. The van der Waals surface area contributed by atoms with E-state index in [4.69, 9.17) is 10.8 Å². The maximum atomic E-state index is 12.1. The van der Waals surface area contributed by atoms with Gasteiger partial charge in [-0.15, -0.1) is 0 Å². The number of carboxylic acids is 1. The minimum absolute atomic E-state index is 0.0314. The first-order valence-corrected chi connectivity index (χ1v) is 5.61. The number of carbonyl (C=O) groups excluding carboxylic acids is 1. The highest BCUT2D eigenvalue weighted by molar-refractivity contribution is 5.83. The monoisotopic (exact) mass is 230 g/mol. The lowest BCUT2D eigenvalue weighted by Crippen LogP contribution is -2.46. The van der Waals surface area contributed by atoms with E-state index in [0.717, 1.165) is 0 Å². The van der Waals surface area contributed by atoms with E-state index in [1.54, 1.807) is 7.05 Å². The van der Waals surface area contributed by atoms with Crippen molar-refractivity contribution >= 4 is 11.9 Å². The molecule has 5 heteroatoms. The number of nitrogens with zero attached hydrogens (tertiary/aromatic N) is 1. The van der Waals surface area contributed by atoms with Crippen LogP contribution in [-0.4, -0.2) is 42.0 Å². The van der Waals surface area contributed by atoms with Gasteiger partial charge in [-0.3, -0.25) is 9.59 Å². The van der Waals surface area contributed by atoms with Gasteiger partial charge < -0.3 is 15.7 Å². The number of rotatable bonds is 7. The lowest BCUT2D eigenvalue weighted by molar-refractivity contribution is -0.142. The fourth-order valence-corrected chi connectivity index (χ4v) is 1.70. The van der Waals surface area contributed by atoms with Crippen LogP contribution in [0.4, 0.5) is 0 Å². The van der Waals surface area contributed by atoms with E-state index >= 15 is 0 Å². The Morgan fingerprint density at radius 3 is 2.12 bits per heavy atom. The predicted molar refractivity (Wildman–Crippen MR) is 62.0 cm³/mol. The molecule has 0 heterocycles. The number of nitrogens with two attached hydrogens (primary N) is 1. The summed E-state index contributed by atoms with van der Waals surface area (Å²) >= 11 is 0. The summed E-state index contributed by atoms with van der Waals surface area (Å²) in [4.78, 5) is 24.0. The molecule has 0 aliphatic rings. The third-order valence-electron chi connectivity index (χ3n) is 3.21. The zero-order chi connectivity index (χ0) is 12.8. The second-order valence-corrected chi connectivity index (χ2v) is 4.06. The van der Waals surface area contributed by atoms with E-state index in [-0.39, 0.29) is 18.9 Å². The standard InChI is InChI=1S/C11H22N2O3/c1-4-11(5-2,8-12)10(16)13(3)7-6-9(14)15/h4-8,12H2,1-3H3,(H,14,15). The molecule has 94 valence electrons. The predicted octanol–water partition coefficient (Wildman–Crippen LogP) is 0.685. The van der Waals surface area contributed by atoms with Gasteiger partial charge in [-0.2, -0.15) is 0 Å². The van der Waals surface area contributed by atoms with Crippen molar-refractivity contribution in [2.75, 3.05) is 20.1 Å². The van der Waals surface area contributed by atoms with Crippen LogP contribution >= 0.6 is 0 Å². The second-order valence-electron chi connectivity index (χ2n) is 4.06. The summed E-state index contributed by atoms with van der Waals surface area (Å²) in [5, 5.41) is 8.56. The molecule has 0 spiro atoms.